The number of rotatable bonds is 2. The molecule has 16 heavy (non-hydrogen) atoms. The van der Waals surface area contributed by atoms with Crippen molar-refractivity contribution in [3.63, 3.8) is 0 Å². The molecule has 1 aliphatic heterocycles. The van der Waals surface area contributed by atoms with Crippen LogP contribution in [0.2, 0.25) is 0 Å². The van der Waals surface area contributed by atoms with Gasteiger partial charge in [0.15, 0.2) is 6.29 Å². The number of benzene rings is 1. The second-order valence-corrected chi connectivity index (χ2v) is 4.02. The maximum absolute atomic E-state index is 11.4. The molecule has 80 valence electrons. The number of amides is 1. The first-order valence-corrected chi connectivity index (χ1v) is 5.32. The van der Waals surface area contributed by atoms with E-state index in [-0.39, 0.29) is 11.3 Å². The topological polar surface area (TPSA) is 63.2 Å². The Morgan fingerprint density at radius 1 is 1.19 bits per heavy atom. The van der Waals surface area contributed by atoms with E-state index >= 15 is 0 Å². The minimum atomic E-state index is -0.449. The van der Waals surface area contributed by atoms with Gasteiger partial charge in [0, 0.05) is 17.3 Å². The Hall–Kier alpha value is -1.88. The summed E-state index contributed by atoms with van der Waals surface area (Å²) in [4.78, 5) is 33.4. The molecule has 4 nitrogen and oxygen atoms in total. The van der Waals surface area contributed by atoms with Crippen molar-refractivity contribution in [1.82, 2.24) is 5.32 Å². The van der Waals surface area contributed by atoms with E-state index in [2.05, 4.69) is 5.32 Å². The Bertz CT molecular complexity index is 493. The van der Waals surface area contributed by atoms with E-state index < -0.39 is 10.4 Å². The van der Waals surface area contributed by atoms with Gasteiger partial charge >= 0.3 is 0 Å². The summed E-state index contributed by atoms with van der Waals surface area (Å²) < 4.78 is 0. The Balaban J connectivity index is 2.51. The Labute approximate surface area is 95.7 Å². The maximum Gasteiger partial charge on any atom is 0.291 e. The molecule has 1 aromatic carbocycles. The van der Waals surface area contributed by atoms with Gasteiger partial charge in [-0.1, -0.05) is 30.3 Å². The molecule has 1 saturated heterocycles. The van der Waals surface area contributed by atoms with Crippen LogP contribution in [-0.4, -0.2) is 16.6 Å². The van der Waals surface area contributed by atoms with Gasteiger partial charge in [-0.05, 0) is 5.56 Å². The third-order valence-corrected chi connectivity index (χ3v) is 2.77. The van der Waals surface area contributed by atoms with Crippen molar-refractivity contribution in [3.8, 4) is 0 Å². The zero-order chi connectivity index (χ0) is 11.5. The number of carbonyl (C=O) groups is 3. The van der Waals surface area contributed by atoms with Crippen molar-refractivity contribution < 1.29 is 14.4 Å². The van der Waals surface area contributed by atoms with Crippen molar-refractivity contribution in [2.75, 3.05) is 0 Å². The molecule has 1 amide bonds. The first-order chi connectivity index (χ1) is 7.72. The largest absolute Gasteiger partial charge is 0.312 e. The van der Waals surface area contributed by atoms with Gasteiger partial charge in [0.05, 0.1) is 0 Å². The summed E-state index contributed by atoms with van der Waals surface area (Å²) in [5, 5.41) is 1.51. The summed E-state index contributed by atoms with van der Waals surface area (Å²) in [7, 11) is 0. The zero-order valence-electron chi connectivity index (χ0n) is 8.10. The fraction of sp³-hybridized carbons (Fsp3) is 0. The fourth-order valence-corrected chi connectivity index (χ4v) is 1.96. The van der Waals surface area contributed by atoms with Gasteiger partial charge in [-0.15, -0.1) is 0 Å². The molecule has 2 rings (SSSR count). The highest BCUT2D eigenvalue weighted by Gasteiger charge is 2.28. The third kappa shape index (κ3) is 1.90. The summed E-state index contributed by atoms with van der Waals surface area (Å²) in [6.45, 7) is 0. The summed E-state index contributed by atoms with van der Waals surface area (Å²) in [5.41, 5.74) is 0.892. The number of nitrogens with one attached hydrogen (secondary N) is 1. The minimum absolute atomic E-state index is 0.0659. The third-order valence-electron chi connectivity index (χ3n) is 2.09. The van der Waals surface area contributed by atoms with E-state index in [9.17, 15) is 14.4 Å². The molecule has 1 fully saturated rings. The van der Waals surface area contributed by atoms with Crippen LogP contribution in [0, 0.1) is 0 Å². The predicted octanol–water partition coefficient (Wildman–Crippen LogP) is 1.58. The molecule has 1 aliphatic rings. The first-order valence-electron chi connectivity index (χ1n) is 4.50. The smallest absolute Gasteiger partial charge is 0.291 e. The zero-order valence-corrected chi connectivity index (χ0v) is 8.91. The van der Waals surface area contributed by atoms with Crippen LogP contribution in [-0.2, 0) is 9.59 Å². The van der Waals surface area contributed by atoms with E-state index in [4.69, 9.17) is 0 Å². The van der Waals surface area contributed by atoms with Crippen molar-refractivity contribution in [2.24, 2.45) is 0 Å². The summed E-state index contributed by atoms with van der Waals surface area (Å²) in [5.74, 6) is 0. The summed E-state index contributed by atoms with van der Waals surface area (Å²) >= 11 is 0.561. The van der Waals surface area contributed by atoms with Gasteiger partial charge < -0.3 is 5.32 Å². The van der Waals surface area contributed by atoms with E-state index in [1.165, 1.54) is 0 Å². The van der Waals surface area contributed by atoms with E-state index in [0.29, 0.717) is 23.6 Å². The Morgan fingerprint density at radius 3 is 2.38 bits per heavy atom. The van der Waals surface area contributed by atoms with E-state index in [1.807, 2.05) is 0 Å². The van der Waals surface area contributed by atoms with Crippen LogP contribution < -0.4 is 5.32 Å². The molecule has 1 aromatic rings. The molecular formula is C11H7NO3S. The van der Waals surface area contributed by atoms with Crippen LogP contribution in [0.4, 0.5) is 4.79 Å². The fourth-order valence-electron chi connectivity index (χ4n) is 1.38. The molecule has 0 aromatic heterocycles. The second-order valence-electron chi connectivity index (χ2n) is 3.07. The molecule has 0 radical (unpaired) electrons. The van der Waals surface area contributed by atoms with Gasteiger partial charge in [0.1, 0.15) is 5.70 Å². The first kappa shape index (κ1) is 10.6. The average molecular weight is 233 g/mol. The Morgan fingerprint density at radius 2 is 1.88 bits per heavy atom. The van der Waals surface area contributed by atoms with E-state index in [0.717, 1.165) is 0 Å². The monoisotopic (exact) mass is 233 g/mol. The molecule has 0 aliphatic carbocycles. The summed E-state index contributed by atoms with van der Waals surface area (Å²) in [6, 6.07) is 8.74. The quantitative estimate of drug-likeness (QED) is 0.622. The highest BCUT2D eigenvalue weighted by atomic mass is 32.2. The maximum atomic E-state index is 11.4. The van der Waals surface area contributed by atoms with Gasteiger partial charge in [0.2, 0.25) is 5.12 Å². The summed E-state index contributed by atoms with van der Waals surface area (Å²) in [6.07, 6.45) is 0.578. The number of carbonyl (C=O) groups excluding carboxylic acids is 3. The molecular weight excluding hydrogens is 226 g/mol. The molecule has 0 saturated carbocycles. The van der Waals surface area contributed by atoms with Gasteiger partial charge in [-0.25, -0.2) is 0 Å². The van der Waals surface area contributed by atoms with Crippen molar-refractivity contribution >= 4 is 34.0 Å². The van der Waals surface area contributed by atoms with Crippen LogP contribution in [0.5, 0.6) is 0 Å². The molecule has 1 heterocycles. The lowest BCUT2D eigenvalue weighted by molar-refractivity contribution is -0.108. The van der Waals surface area contributed by atoms with Crippen LogP contribution in [0.1, 0.15) is 5.56 Å². The van der Waals surface area contributed by atoms with Crippen molar-refractivity contribution in [3.05, 3.63) is 41.6 Å². The average Bonchev–Trinajstić information content (AvgIpc) is 2.61. The van der Waals surface area contributed by atoms with Gasteiger partial charge in [0.25, 0.3) is 5.24 Å². The predicted molar refractivity (Wildman–Crippen MR) is 60.6 cm³/mol. The number of thioether (sulfide) groups is 1. The van der Waals surface area contributed by atoms with E-state index in [1.54, 1.807) is 30.3 Å². The highest BCUT2D eigenvalue weighted by Crippen LogP contribution is 2.25. The molecule has 0 spiro atoms. The van der Waals surface area contributed by atoms with Crippen molar-refractivity contribution in [2.45, 2.75) is 0 Å². The van der Waals surface area contributed by atoms with Gasteiger partial charge in [-0.2, -0.15) is 0 Å². The van der Waals surface area contributed by atoms with Gasteiger partial charge in [-0.3, -0.25) is 14.4 Å². The number of allylic oxidation sites excluding steroid dienone is 1. The van der Waals surface area contributed by atoms with Crippen LogP contribution in [0.25, 0.3) is 5.57 Å². The van der Waals surface area contributed by atoms with Crippen LogP contribution in [0.15, 0.2) is 36.0 Å². The molecule has 0 bridgehead atoms. The molecule has 1 N–H and O–H groups in total. The number of hydrogen-bond donors (Lipinski definition) is 1. The van der Waals surface area contributed by atoms with Crippen molar-refractivity contribution in [1.29, 1.82) is 0 Å². The molecule has 0 atom stereocenters. The lowest BCUT2D eigenvalue weighted by Gasteiger charge is -2.02. The number of aldehydes is 1. The van der Waals surface area contributed by atoms with Crippen LogP contribution in [0.3, 0.4) is 0 Å². The number of hydrogen-bond acceptors (Lipinski definition) is 4. The Kier molecular flexibility index (Phi) is 2.87. The molecule has 0 unspecified atom stereocenters. The lowest BCUT2D eigenvalue weighted by Crippen LogP contribution is -2.13. The molecule has 5 heteroatoms. The SMILES string of the molecule is O=CC(=C1NC(=O)SC1=O)c1ccccc1. The highest BCUT2D eigenvalue weighted by molar-refractivity contribution is 8.27. The standard InChI is InChI=1S/C11H7NO3S/c13-6-8(7-4-2-1-3-5-7)9-10(14)16-11(15)12-9/h1-6H,(H,12,15). The van der Waals surface area contributed by atoms with Crippen LogP contribution >= 0.6 is 11.8 Å². The lowest BCUT2D eigenvalue weighted by atomic mass is 10.1. The minimum Gasteiger partial charge on any atom is -0.312 e. The second kappa shape index (κ2) is 4.32. The normalized spacial score (nSPS) is 18.2.